The quantitative estimate of drug-likeness (QED) is 0.777. The second-order valence-electron chi connectivity index (χ2n) is 7.09. The molecule has 3 heterocycles. The third kappa shape index (κ3) is 2.42. The van der Waals surface area contributed by atoms with Crippen LogP contribution in [0.5, 0.6) is 0 Å². The minimum Gasteiger partial charge on any atom is -0.377 e. The summed E-state index contributed by atoms with van der Waals surface area (Å²) in [6.45, 7) is 1.01. The number of nitrogens with one attached hydrogen (secondary N) is 1. The van der Waals surface area contributed by atoms with Crippen molar-refractivity contribution in [1.29, 1.82) is 0 Å². The lowest BCUT2D eigenvalue weighted by molar-refractivity contribution is 0.182. The zero-order chi connectivity index (χ0) is 17.7. The van der Waals surface area contributed by atoms with Gasteiger partial charge in [0.25, 0.3) is 5.56 Å². The lowest BCUT2D eigenvalue weighted by Crippen LogP contribution is -2.38. The van der Waals surface area contributed by atoms with Crippen LogP contribution in [-0.2, 0) is 24.6 Å². The molecule has 0 amide bonds. The van der Waals surface area contributed by atoms with Crippen molar-refractivity contribution in [2.75, 3.05) is 18.5 Å². The predicted molar refractivity (Wildman–Crippen MR) is 98.5 cm³/mol. The van der Waals surface area contributed by atoms with Gasteiger partial charge in [-0.15, -0.1) is 0 Å². The van der Waals surface area contributed by atoms with Gasteiger partial charge in [-0.3, -0.25) is 4.79 Å². The van der Waals surface area contributed by atoms with Gasteiger partial charge in [0.05, 0.1) is 36.0 Å². The molecule has 0 radical (unpaired) electrons. The molecule has 3 aromatic rings. The number of para-hydroxylation sites is 2. The minimum atomic E-state index is -0.131. The van der Waals surface area contributed by atoms with E-state index in [2.05, 4.69) is 15.4 Å². The van der Waals surface area contributed by atoms with Crippen LogP contribution in [0.2, 0.25) is 0 Å². The molecule has 1 aromatic carbocycles. The van der Waals surface area contributed by atoms with Gasteiger partial charge in [-0.1, -0.05) is 12.1 Å². The van der Waals surface area contributed by atoms with Crippen LogP contribution in [0.25, 0.3) is 11.0 Å². The molecule has 26 heavy (non-hydrogen) atoms. The molecule has 2 atom stereocenters. The number of rotatable bonds is 3. The molecule has 2 unspecified atom stereocenters. The van der Waals surface area contributed by atoms with Crippen LogP contribution in [0.15, 0.2) is 35.1 Å². The fraction of sp³-hybridized carbons (Fsp3) is 0.421. The maximum absolute atomic E-state index is 12.6. The van der Waals surface area contributed by atoms with Crippen LogP contribution in [0, 0.1) is 0 Å². The summed E-state index contributed by atoms with van der Waals surface area (Å²) in [5.41, 5.74) is 4.13. The van der Waals surface area contributed by atoms with E-state index < -0.39 is 0 Å². The van der Waals surface area contributed by atoms with Crippen molar-refractivity contribution in [2.24, 2.45) is 7.05 Å². The number of aromatic nitrogens is 4. The molecule has 2 aromatic heterocycles. The Morgan fingerprint density at radius 1 is 1.23 bits per heavy atom. The summed E-state index contributed by atoms with van der Waals surface area (Å²) in [6, 6.07) is 9.60. The van der Waals surface area contributed by atoms with Crippen LogP contribution < -0.4 is 10.9 Å². The molecule has 0 bridgehead atoms. The number of ether oxygens (including phenoxy) is 1. The van der Waals surface area contributed by atoms with Gasteiger partial charge < -0.3 is 14.6 Å². The van der Waals surface area contributed by atoms with Gasteiger partial charge in [0.2, 0.25) is 5.95 Å². The van der Waals surface area contributed by atoms with Crippen LogP contribution in [0.3, 0.4) is 0 Å². The van der Waals surface area contributed by atoms with Crippen LogP contribution in [0.1, 0.15) is 23.7 Å². The van der Waals surface area contributed by atoms with E-state index in [9.17, 15) is 4.79 Å². The van der Waals surface area contributed by atoms with E-state index in [1.54, 1.807) is 10.7 Å². The van der Waals surface area contributed by atoms with E-state index in [0.717, 1.165) is 47.5 Å². The Morgan fingerprint density at radius 2 is 2.12 bits per heavy atom. The van der Waals surface area contributed by atoms with E-state index in [-0.39, 0.29) is 17.6 Å². The van der Waals surface area contributed by atoms with E-state index in [1.165, 1.54) is 0 Å². The summed E-state index contributed by atoms with van der Waals surface area (Å²) >= 11 is 0. The first-order valence-electron chi connectivity index (χ1n) is 9.08. The molecular weight excluding hydrogens is 330 g/mol. The van der Waals surface area contributed by atoms with Gasteiger partial charge >= 0.3 is 0 Å². The SMILES string of the molecule is Cn1c(NC2COCC2n2nc3c(cc2=O)CCC3)nc2ccccc21. The van der Waals surface area contributed by atoms with Crippen molar-refractivity contribution in [3.05, 3.63) is 51.9 Å². The maximum Gasteiger partial charge on any atom is 0.267 e. The summed E-state index contributed by atoms with van der Waals surface area (Å²) in [6.07, 6.45) is 2.99. The first-order chi connectivity index (χ1) is 12.7. The lowest BCUT2D eigenvalue weighted by atomic mass is 10.1. The summed E-state index contributed by atoms with van der Waals surface area (Å²) in [5, 5.41) is 8.12. The van der Waals surface area contributed by atoms with Gasteiger partial charge in [-0.05, 0) is 37.0 Å². The molecule has 1 aliphatic carbocycles. The molecule has 134 valence electrons. The largest absolute Gasteiger partial charge is 0.377 e. The molecule has 1 aliphatic heterocycles. The highest BCUT2D eigenvalue weighted by atomic mass is 16.5. The average Bonchev–Trinajstić information content (AvgIpc) is 3.35. The fourth-order valence-corrected chi connectivity index (χ4v) is 4.02. The summed E-state index contributed by atoms with van der Waals surface area (Å²) in [5.74, 6) is 0.779. The molecule has 5 rings (SSSR count). The fourth-order valence-electron chi connectivity index (χ4n) is 4.02. The highest BCUT2D eigenvalue weighted by molar-refractivity contribution is 5.78. The average molecular weight is 351 g/mol. The van der Waals surface area contributed by atoms with Crippen molar-refractivity contribution in [2.45, 2.75) is 31.3 Å². The molecule has 1 saturated heterocycles. The molecule has 1 N–H and O–H groups in total. The number of anilines is 1. The highest BCUT2D eigenvalue weighted by Gasteiger charge is 2.33. The summed E-state index contributed by atoms with van der Waals surface area (Å²) in [7, 11) is 1.99. The Bertz CT molecular complexity index is 1040. The molecule has 7 heteroatoms. The van der Waals surface area contributed by atoms with E-state index in [1.807, 2.05) is 35.9 Å². The third-order valence-corrected chi connectivity index (χ3v) is 5.45. The van der Waals surface area contributed by atoms with E-state index >= 15 is 0 Å². The van der Waals surface area contributed by atoms with Crippen molar-refractivity contribution < 1.29 is 4.74 Å². The molecular formula is C19H21N5O2. The second-order valence-corrected chi connectivity index (χ2v) is 7.09. The topological polar surface area (TPSA) is 74.0 Å². The van der Waals surface area contributed by atoms with Crippen LogP contribution in [0.4, 0.5) is 5.95 Å². The molecule has 0 saturated carbocycles. The Morgan fingerprint density at radius 3 is 3.00 bits per heavy atom. The molecule has 7 nitrogen and oxygen atoms in total. The smallest absolute Gasteiger partial charge is 0.267 e. The summed E-state index contributed by atoms with van der Waals surface area (Å²) < 4.78 is 9.33. The lowest BCUT2D eigenvalue weighted by Gasteiger charge is -2.21. The van der Waals surface area contributed by atoms with Crippen molar-refractivity contribution in [3.63, 3.8) is 0 Å². The normalized spacial score (nSPS) is 22.0. The second kappa shape index (κ2) is 5.95. The van der Waals surface area contributed by atoms with Crippen molar-refractivity contribution in [1.82, 2.24) is 19.3 Å². The Labute approximate surface area is 150 Å². The predicted octanol–water partition coefficient (Wildman–Crippen LogP) is 1.67. The zero-order valence-electron chi connectivity index (χ0n) is 14.7. The number of nitrogens with zero attached hydrogens (tertiary/aromatic N) is 4. The van der Waals surface area contributed by atoms with Crippen LogP contribution in [-0.4, -0.2) is 38.6 Å². The monoisotopic (exact) mass is 351 g/mol. The van der Waals surface area contributed by atoms with Gasteiger partial charge in [0.15, 0.2) is 0 Å². The van der Waals surface area contributed by atoms with Crippen molar-refractivity contribution >= 4 is 17.0 Å². The van der Waals surface area contributed by atoms with E-state index in [4.69, 9.17) is 4.74 Å². The Kier molecular flexibility index (Phi) is 3.56. The van der Waals surface area contributed by atoms with Gasteiger partial charge in [0.1, 0.15) is 6.04 Å². The molecule has 0 spiro atoms. The van der Waals surface area contributed by atoms with E-state index in [0.29, 0.717) is 13.2 Å². The standard InChI is InChI=1S/C19H21N5O2/c1-23-16-8-3-2-6-14(16)20-19(23)21-15-10-26-11-17(15)24-18(25)9-12-5-4-7-13(12)22-24/h2-3,6,8-9,15,17H,4-5,7,10-11H2,1H3,(H,20,21). The van der Waals surface area contributed by atoms with Crippen molar-refractivity contribution in [3.8, 4) is 0 Å². The minimum absolute atomic E-state index is 0.0436. The van der Waals surface area contributed by atoms with Crippen LogP contribution >= 0.6 is 0 Å². The Balaban J connectivity index is 1.48. The first kappa shape index (κ1) is 15.6. The number of hydrogen-bond acceptors (Lipinski definition) is 5. The molecule has 2 aliphatic rings. The zero-order valence-corrected chi connectivity index (χ0v) is 14.7. The van der Waals surface area contributed by atoms with Gasteiger partial charge in [-0.25, -0.2) is 9.67 Å². The highest BCUT2D eigenvalue weighted by Crippen LogP contribution is 2.25. The Hall–Kier alpha value is -2.67. The van der Waals surface area contributed by atoms with Gasteiger partial charge in [0, 0.05) is 13.1 Å². The maximum atomic E-state index is 12.6. The molecule has 1 fully saturated rings. The number of fused-ring (bicyclic) bond motifs is 2. The number of aryl methyl sites for hydroxylation is 3. The number of imidazole rings is 1. The first-order valence-corrected chi connectivity index (χ1v) is 9.08. The number of hydrogen-bond donors (Lipinski definition) is 1. The third-order valence-electron chi connectivity index (χ3n) is 5.45. The van der Waals surface area contributed by atoms with Gasteiger partial charge in [-0.2, -0.15) is 5.10 Å². The summed E-state index contributed by atoms with van der Waals surface area (Å²) in [4.78, 5) is 17.2. The number of benzene rings is 1.